The Morgan fingerprint density at radius 3 is 3.06 bits per heavy atom. The number of anilines is 1. The summed E-state index contributed by atoms with van der Waals surface area (Å²) >= 11 is 0. The van der Waals surface area contributed by atoms with Gasteiger partial charge in [0.1, 0.15) is 6.54 Å². The van der Waals surface area contributed by atoms with E-state index in [1.54, 1.807) is 0 Å². The van der Waals surface area contributed by atoms with Crippen LogP contribution in [0.1, 0.15) is 17.9 Å². The summed E-state index contributed by atoms with van der Waals surface area (Å²) in [6.45, 7) is 0.0349. The van der Waals surface area contributed by atoms with Crippen molar-refractivity contribution < 1.29 is 9.90 Å². The van der Waals surface area contributed by atoms with Gasteiger partial charge in [0.25, 0.3) is 0 Å². The van der Waals surface area contributed by atoms with Crippen LogP contribution >= 0.6 is 0 Å². The van der Waals surface area contributed by atoms with E-state index in [1.165, 1.54) is 5.56 Å². The van der Waals surface area contributed by atoms with Crippen molar-refractivity contribution in [3.8, 4) is 0 Å². The molecule has 1 heterocycles. The number of para-hydroxylation sites is 1. The zero-order chi connectivity index (χ0) is 11.8. The van der Waals surface area contributed by atoms with Crippen LogP contribution in [0.2, 0.25) is 0 Å². The van der Waals surface area contributed by atoms with E-state index in [2.05, 4.69) is 24.3 Å². The first-order valence-electron chi connectivity index (χ1n) is 5.72. The molecule has 1 aliphatic carbocycles. The molecule has 1 aliphatic heterocycles. The number of fused-ring (bicyclic) bond motifs is 3. The van der Waals surface area contributed by atoms with Crippen LogP contribution < -0.4 is 4.90 Å². The highest BCUT2D eigenvalue weighted by Gasteiger charge is 2.33. The van der Waals surface area contributed by atoms with Crippen molar-refractivity contribution in [2.45, 2.75) is 12.3 Å². The molecular formula is C14H13NO2. The number of allylic oxidation sites excluding steroid dienone is 3. The Bertz CT molecular complexity index is 531. The lowest BCUT2D eigenvalue weighted by Gasteiger charge is -2.21. The normalized spacial score (nSPS) is 20.8. The molecule has 0 bridgehead atoms. The zero-order valence-electron chi connectivity index (χ0n) is 9.34. The lowest BCUT2D eigenvalue weighted by Crippen LogP contribution is -2.27. The summed E-state index contributed by atoms with van der Waals surface area (Å²) in [6, 6.07) is 8.02. The average molecular weight is 227 g/mol. The summed E-state index contributed by atoms with van der Waals surface area (Å²) < 4.78 is 0. The number of carbonyl (C=O) groups is 1. The van der Waals surface area contributed by atoms with Crippen molar-refractivity contribution in [3.05, 3.63) is 53.8 Å². The molecule has 1 N–H and O–H groups in total. The van der Waals surface area contributed by atoms with Gasteiger partial charge in [-0.25, -0.2) is 0 Å². The maximum atomic E-state index is 11.0. The third-order valence-electron chi connectivity index (χ3n) is 3.28. The van der Waals surface area contributed by atoms with Crippen molar-refractivity contribution in [1.82, 2.24) is 0 Å². The summed E-state index contributed by atoms with van der Waals surface area (Å²) in [5.74, 6) is -0.560. The molecular weight excluding hydrogens is 214 g/mol. The van der Waals surface area contributed by atoms with E-state index in [4.69, 9.17) is 5.11 Å². The smallest absolute Gasteiger partial charge is 0.323 e. The Kier molecular flexibility index (Phi) is 2.25. The van der Waals surface area contributed by atoms with E-state index in [1.807, 2.05) is 23.1 Å². The monoisotopic (exact) mass is 227 g/mol. The van der Waals surface area contributed by atoms with Crippen molar-refractivity contribution in [2.75, 3.05) is 11.4 Å². The second-order valence-electron chi connectivity index (χ2n) is 4.31. The third-order valence-corrected chi connectivity index (χ3v) is 3.28. The SMILES string of the molecule is O=C(O)CN1C2=CCC=CC2c2ccccc21. The van der Waals surface area contributed by atoms with E-state index in [0.29, 0.717) is 0 Å². The Morgan fingerprint density at radius 2 is 2.24 bits per heavy atom. The number of carboxylic acid groups (broad SMARTS) is 1. The number of benzene rings is 1. The Balaban J connectivity index is 2.09. The summed E-state index contributed by atoms with van der Waals surface area (Å²) in [5, 5.41) is 9.00. The quantitative estimate of drug-likeness (QED) is 0.789. The predicted molar refractivity (Wildman–Crippen MR) is 66.0 cm³/mol. The molecule has 0 saturated carbocycles. The minimum absolute atomic E-state index is 0.0349. The fourth-order valence-corrected chi connectivity index (χ4v) is 2.62. The molecule has 0 radical (unpaired) electrons. The van der Waals surface area contributed by atoms with Crippen LogP contribution in [-0.4, -0.2) is 17.6 Å². The van der Waals surface area contributed by atoms with Crippen molar-refractivity contribution >= 4 is 11.7 Å². The topological polar surface area (TPSA) is 40.5 Å². The van der Waals surface area contributed by atoms with E-state index in [9.17, 15) is 4.79 Å². The largest absolute Gasteiger partial charge is 0.480 e. The molecule has 0 saturated heterocycles. The first-order chi connectivity index (χ1) is 8.27. The molecule has 2 aliphatic rings. The van der Waals surface area contributed by atoms with Gasteiger partial charge < -0.3 is 10.0 Å². The van der Waals surface area contributed by atoms with Crippen LogP contribution in [0.15, 0.2) is 48.2 Å². The molecule has 3 nitrogen and oxygen atoms in total. The van der Waals surface area contributed by atoms with Crippen LogP contribution in [0.3, 0.4) is 0 Å². The molecule has 1 atom stereocenters. The second-order valence-corrected chi connectivity index (χ2v) is 4.31. The summed E-state index contributed by atoms with van der Waals surface area (Å²) in [7, 11) is 0. The van der Waals surface area contributed by atoms with E-state index < -0.39 is 5.97 Å². The Hall–Kier alpha value is -2.03. The molecule has 1 unspecified atom stereocenters. The zero-order valence-corrected chi connectivity index (χ0v) is 9.34. The number of rotatable bonds is 2. The van der Waals surface area contributed by atoms with Gasteiger partial charge in [-0.05, 0) is 18.1 Å². The van der Waals surface area contributed by atoms with Crippen molar-refractivity contribution in [1.29, 1.82) is 0 Å². The number of hydrogen-bond acceptors (Lipinski definition) is 2. The molecule has 1 aromatic rings. The van der Waals surface area contributed by atoms with E-state index in [0.717, 1.165) is 17.8 Å². The minimum Gasteiger partial charge on any atom is -0.480 e. The van der Waals surface area contributed by atoms with Gasteiger partial charge >= 0.3 is 5.97 Å². The molecule has 17 heavy (non-hydrogen) atoms. The van der Waals surface area contributed by atoms with Crippen LogP contribution in [0.4, 0.5) is 5.69 Å². The number of aliphatic carboxylic acids is 1. The van der Waals surface area contributed by atoms with Gasteiger partial charge in [-0.3, -0.25) is 4.79 Å². The van der Waals surface area contributed by atoms with Crippen molar-refractivity contribution in [3.63, 3.8) is 0 Å². The Morgan fingerprint density at radius 1 is 1.41 bits per heavy atom. The van der Waals surface area contributed by atoms with Crippen LogP contribution in [0.5, 0.6) is 0 Å². The first-order valence-corrected chi connectivity index (χ1v) is 5.72. The standard InChI is InChI=1S/C14H13NO2/c16-14(17)9-15-12-7-3-1-5-10(12)11-6-2-4-8-13(11)15/h1-3,5-8,11H,4,9H2,(H,16,17). The number of nitrogens with zero attached hydrogens (tertiary/aromatic N) is 1. The molecule has 3 rings (SSSR count). The average Bonchev–Trinajstić information content (AvgIpc) is 2.65. The van der Waals surface area contributed by atoms with Gasteiger partial charge in [0.15, 0.2) is 0 Å². The van der Waals surface area contributed by atoms with E-state index in [-0.39, 0.29) is 12.5 Å². The van der Waals surface area contributed by atoms with E-state index >= 15 is 0 Å². The Labute approximate surface area is 99.7 Å². The first kappa shape index (κ1) is 10.1. The highest BCUT2D eigenvalue weighted by atomic mass is 16.4. The second kappa shape index (κ2) is 3.77. The summed E-state index contributed by atoms with van der Waals surface area (Å²) in [4.78, 5) is 12.9. The maximum Gasteiger partial charge on any atom is 0.323 e. The van der Waals surface area contributed by atoms with Gasteiger partial charge in [0.2, 0.25) is 0 Å². The summed E-state index contributed by atoms with van der Waals surface area (Å²) in [6.07, 6.45) is 7.30. The maximum absolute atomic E-state index is 11.0. The lowest BCUT2D eigenvalue weighted by molar-refractivity contribution is -0.135. The van der Waals surface area contributed by atoms with Gasteiger partial charge in [0.05, 0.1) is 0 Å². The molecule has 1 aromatic carbocycles. The van der Waals surface area contributed by atoms with Gasteiger partial charge in [0, 0.05) is 17.3 Å². The van der Waals surface area contributed by atoms with Crippen molar-refractivity contribution in [2.24, 2.45) is 0 Å². The molecule has 0 fully saturated rings. The fourth-order valence-electron chi connectivity index (χ4n) is 2.62. The van der Waals surface area contributed by atoms with Gasteiger partial charge in [-0.1, -0.05) is 36.4 Å². The third kappa shape index (κ3) is 1.55. The predicted octanol–water partition coefficient (Wildman–Crippen LogP) is 2.52. The number of hydrogen-bond donors (Lipinski definition) is 1. The minimum atomic E-state index is -0.795. The highest BCUT2D eigenvalue weighted by molar-refractivity contribution is 5.80. The molecule has 3 heteroatoms. The van der Waals surface area contributed by atoms with Gasteiger partial charge in [-0.2, -0.15) is 0 Å². The number of carboxylic acids is 1. The van der Waals surface area contributed by atoms with Crippen LogP contribution in [-0.2, 0) is 4.79 Å². The van der Waals surface area contributed by atoms with Gasteiger partial charge in [-0.15, -0.1) is 0 Å². The van der Waals surface area contributed by atoms with Crippen LogP contribution in [0.25, 0.3) is 0 Å². The highest BCUT2D eigenvalue weighted by Crippen LogP contribution is 2.45. The lowest BCUT2D eigenvalue weighted by atomic mass is 9.94. The molecule has 0 spiro atoms. The molecule has 86 valence electrons. The molecule has 0 amide bonds. The van der Waals surface area contributed by atoms with Crippen LogP contribution in [0, 0.1) is 0 Å². The fraction of sp³-hybridized carbons (Fsp3) is 0.214. The molecule has 0 aromatic heterocycles. The summed E-state index contributed by atoms with van der Waals surface area (Å²) in [5.41, 5.74) is 3.34.